The normalized spacial score (nSPS) is 14.6. The second-order valence-electron chi connectivity index (χ2n) is 9.12. The fourth-order valence-electron chi connectivity index (χ4n) is 4.22. The molecule has 1 atom stereocenters. The molecule has 0 bridgehead atoms. The highest BCUT2D eigenvalue weighted by atomic mass is 19.1. The Labute approximate surface area is 226 Å². The van der Waals surface area contributed by atoms with Crippen molar-refractivity contribution in [2.45, 2.75) is 26.2 Å². The number of rotatable bonds is 8. The molecule has 0 saturated heterocycles. The summed E-state index contributed by atoms with van der Waals surface area (Å²) in [7, 11) is 0. The van der Waals surface area contributed by atoms with Gasteiger partial charge in [-0.3, -0.25) is 9.59 Å². The molecule has 1 aliphatic heterocycles. The van der Waals surface area contributed by atoms with E-state index in [1.54, 1.807) is 49.4 Å². The number of hydrogen-bond donors (Lipinski definition) is 1. The summed E-state index contributed by atoms with van der Waals surface area (Å²) >= 11 is 0. The number of anilines is 2. The van der Waals surface area contributed by atoms with Crippen molar-refractivity contribution in [3.63, 3.8) is 0 Å². The highest BCUT2D eigenvalue weighted by Gasteiger charge is 2.32. The minimum atomic E-state index is -0.706. The molecule has 1 heterocycles. The number of fused-ring (bicyclic) bond motifs is 1. The number of carbonyl (C=O) groups is 2. The average Bonchev–Trinajstić information content (AvgIpc) is 2.95. The van der Waals surface area contributed by atoms with E-state index in [2.05, 4.69) is 5.32 Å². The predicted molar refractivity (Wildman–Crippen MR) is 149 cm³/mol. The molecule has 7 heteroatoms. The molecule has 0 saturated carbocycles. The molecular weight excluding hydrogens is 495 g/mol. The van der Waals surface area contributed by atoms with Crippen molar-refractivity contribution in [1.82, 2.24) is 0 Å². The molecule has 5 rings (SSSR count). The molecule has 1 N–H and O–H groups in total. The first-order valence-corrected chi connectivity index (χ1v) is 12.6. The first-order chi connectivity index (χ1) is 19.0. The lowest BCUT2D eigenvalue weighted by Gasteiger charge is -2.33. The summed E-state index contributed by atoms with van der Waals surface area (Å²) < 4.78 is 25.9. The Hall–Kier alpha value is -4.91. The Morgan fingerprint density at radius 1 is 1.00 bits per heavy atom. The predicted octanol–water partition coefficient (Wildman–Crippen LogP) is 6.37. The first-order valence-electron chi connectivity index (χ1n) is 12.6. The zero-order chi connectivity index (χ0) is 27.2. The van der Waals surface area contributed by atoms with Gasteiger partial charge in [-0.2, -0.15) is 0 Å². The molecule has 4 aromatic rings. The molecule has 2 amide bonds. The summed E-state index contributed by atoms with van der Waals surface area (Å²) in [5, 5.41) is 2.82. The van der Waals surface area contributed by atoms with Crippen molar-refractivity contribution in [3.05, 3.63) is 126 Å². The smallest absolute Gasteiger partial charge is 0.268 e. The number of carbonyl (C=O) groups excluding carboxylic acids is 2. The fourth-order valence-corrected chi connectivity index (χ4v) is 4.22. The zero-order valence-electron chi connectivity index (χ0n) is 21.3. The van der Waals surface area contributed by atoms with Crippen LogP contribution in [0.1, 0.15) is 23.6 Å². The molecule has 0 aliphatic carbocycles. The van der Waals surface area contributed by atoms with E-state index in [4.69, 9.17) is 9.47 Å². The first kappa shape index (κ1) is 25.7. The van der Waals surface area contributed by atoms with E-state index in [-0.39, 0.29) is 18.4 Å². The van der Waals surface area contributed by atoms with Gasteiger partial charge in [-0.25, -0.2) is 4.39 Å². The van der Waals surface area contributed by atoms with Crippen LogP contribution in [0.15, 0.2) is 103 Å². The average molecular weight is 523 g/mol. The van der Waals surface area contributed by atoms with Gasteiger partial charge in [-0.05, 0) is 60.5 Å². The van der Waals surface area contributed by atoms with E-state index in [1.807, 2.05) is 54.6 Å². The fraction of sp³-hybridized carbons (Fsp3) is 0.125. The van der Waals surface area contributed by atoms with Crippen LogP contribution in [-0.2, 0) is 22.7 Å². The van der Waals surface area contributed by atoms with Crippen molar-refractivity contribution >= 4 is 29.3 Å². The lowest BCUT2D eigenvalue weighted by molar-refractivity contribution is -0.125. The van der Waals surface area contributed by atoms with Gasteiger partial charge in [0.15, 0.2) is 6.10 Å². The SMILES string of the molecule is CC1Oc2ccc(NC(=O)/C=C/c3ccc(OCc4ccccc4)cc3)cc2N(Cc2ccccc2F)C1=O. The second-order valence-corrected chi connectivity index (χ2v) is 9.12. The largest absolute Gasteiger partial charge is 0.489 e. The Morgan fingerprint density at radius 2 is 1.74 bits per heavy atom. The van der Waals surface area contributed by atoms with E-state index in [1.165, 1.54) is 17.0 Å². The summed E-state index contributed by atoms with van der Waals surface area (Å²) in [5.74, 6) is 0.209. The van der Waals surface area contributed by atoms with E-state index in [0.717, 1.165) is 16.9 Å². The quantitative estimate of drug-likeness (QED) is 0.273. The number of nitrogens with one attached hydrogen (secondary N) is 1. The summed E-state index contributed by atoms with van der Waals surface area (Å²) in [6, 6.07) is 28.7. The van der Waals surface area contributed by atoms with Crippen LogP contribution >= 0.6 is 0 Å². The molecule has 0 radical (unpaired) electrons. The van der Waals surface area contributed by atoms with Crippen molar-refractivity contribution in [1.29, 1.82) is 0 Å². The maximum absolute atomic E-state index is 14.3. The zero-order valence-corrected chi connectivity index (χ0v) is 21.3. The van der Waals surface area contributed by atoms with Crippen LogP contribution in [-0.4, -0.2) is 17.9 Å². The Balaban J connectivity index is 1.24. The van der Waals surface area contributed by atoms with Crippen molar-refractivity contribution in [3.8, 4) is 11.5 Å². The molecular formula is C32H27FN2O4. The highest BCUT2D eigenvalue weighted by molar-refractivity contribution is 6.04. The Kier molecular flexibility index (Phi) is 7.68. The van der Waals surface area contributed by atoms with Crippen LogP contribution < -0.4 is 19.7 Å². The van der Waals surface area contributed by atoms with E-state index in [9.17, 15) is 14.0 Å². The van der Waals surface area contributed by atoms with Gasteiger partial charge in [-0.1, -0.05) is 60.7 Å². The van der Waals surface area contributed by atoms with Crippen LogP contribution in [0.2, 0.25) is 0 Å². The summed E-state index contributed by atoms with van der Waals surface area (Å²) in [6.45, 7) is 2.18. The van der Waals surface area contributed by atoms with Crippen LogP contribution in [0.4, 0.5) is 15.8 Å². The van der Waals surface area contributed by atoms with Crippen molar-refractivity contribution in [2.75, 3.05) is 10.2 Å². The number of benzene rings is 4. The minimum Gasteiger partial charge on any atom is -0.489 e. The van der Waals surface area contributed by atoms with E-state index >= 15 is 0 Å². The maximum Gasteiger partial charge on any atom is 0.268 e. The number of ether oxygens (including phenoxy) is 2. The molecule has 1 unspecified atom stereocenters. The van der Waals surface area contributed by atoms with Crippen LogP contribution in [0.3, 0.4) is 0 Å². The lowest BCUT2D eigenvalue weighted by Crippen LogP contribution is -2.44. The molecule has 0 aromatic heterocycles. The molecule has 0 spiro atoms. The second kappa shape index (κ2) is 11.6. The number of amides is 2. The third-order valence-corrected chi connectivity index (χ3v) is 6.28. The molecule has 39 heavy (non-hydrogen) atoms. The molecule has 196 valence electrons. The van der Waals surface area contributed by atoms with Crippen LogP contribution in [0.5, 0.6) is 11.5 Å². The summed E-state index contributed by atoms with van der Waals surface area (Å²) in [4.78, 5) is 27.0. The van der Waals surface area contributed by atoms with Gasteiger partial charge in [0.05, 0.1) is 12.2 Å². The van der Waals surface area contributed by atoms with E-state index in [0.29, 0.717) is 29.3 Å². The third-order valence-electron chi connectivity index (χ3n) is 6.28. The maximum atomic E-state index is 14.3. The molecule has 6 nitrogen and oxygen atoms in total. The van der Waals surface area contributed by atoms with Gasteiger partial charge in [-0.15, -0.1) is 0 Å². The molecule has 0 fully saturated rings. The lowest BCUT2D eigenvalue weighted by atomic mass is 10.1. The summed E-state index contributed by atoms with van der Waals surface area (Å²) in [6.07, 6.45) is 2.43. The molecule has 4 aromatic carbocycles. The van der Waals surface area contributed by atoms with Gasteiger partial charge in [0, 0.05) is 17.3 Å². The minimum absolute atomic E-state index is 0.0502. The van der Waals surface area contributed by atoms with Gasteiger partial charge < -0.3 is 19.7 Å². The number of halogens is 1. The highest BCUT2D eigenvalue weighted by Crippen LogP contribution is 2.37. The topological polar surface area (TPSA) is 67.9 Å². The monoisotopic (exact) mass is 522 g/mol. The van der Waals surface area contributed by atoms with Gasteiger partial charge in [0.25, 0.3) is 5.91 Å². The van der Waals surface area contributed by atoms with Gasteiger partial charge >= 0.3 is 0 Å². The molecule has 1 aliphatic rings. The third kappa shape index (κ3) is 6.33. The van der Waals surface area contributed by atoms with Gasteiger partial charge in [0.2, 0.25) is 5.91 Å². The summed E-state index contributed by atoms with van der Waals surface area (Å²) in [5.41, 5.74) is 3.26. The van der Waals surface area contributed by atoms with Crippen molar-refractivity contribution < 1.29 is 23.5 Å². The van der Waals surface area contributed by atoms with Gasteiger partial charge in [0.1, 0.15) is 23.9 Å². The van der Waals surface area contributed by atoms with Crippen LogP contribution in [0.25, 0.3) is 6.08 Å². The van der Waals surface area contributed by atoms with Crippen LogP contribution in [0, 0.1) is 5.82 Å². The number of nitrogens with zero attached hydrogens (tertiary/aromatic N) is 1. The van der Waals surface area contributed by atoms with E-state index < -0.39 is 11.9 Å². The standard InChI is InChI=1S/C32H27FN2O4/c1-22-32(37)35(20-25-9-5-6-10-28(25)33)29-19-26(14-17-30(29)39-22)34-31(36)18-13-23-11-15-27(16-12-23)38-21-24-7-3-2-4-8-24/h2-19,22H,20-21H2,1H3,(H,34,36)/b18-13+. The number of hydrogen-bond acceptors (Lipinski definition) is 4. The Morgan fingerprint density at radius 3 is 2.51 bits per heavy atom. The Bertz CT molecular complexity index is 1500. The van der Waals surface area contributed by atoms with Crippen molar-refractivity contribution in [2.24, 2.45) is 0 Å².